The Balaban J connectivity index is 2.00. The Morgan fingerprint density at radius 2 is 1.75 bits per heavy atom. The maximum absolute atomic E-state index is 12.2. The molecule has 2 aromatic rings. The van der Waals surface area contributed by atoms with Crippen molar-refractivity contribution in [2.45, 2.75) is 19.3 Å². The molecule has 1 unspecified atom stereocenters. The van der Waals surface area contributed by atoms with Gasteiger partial charge in [0.2, 0.25) is 5.91 Å². The van der Waals surface area contributed by atoms with E-state index in [0.717, 1.165) is 17.7 Å². The van der Waals surface area contributed by atoms with E-state index >= 15 is 0 Å². The monoisotopic (exact) mass is 287 g/mol. The minimum absolute atomic E-state index is 0.00120. The van der Waals surface area contributed by atoms with Crippen LogP contribution >= 0.6 is 11.6 Å². The van der Waals surface area contributed by atoms with Crippen LogP contribution in [-0.4, -0.2) is 11.8 Å². The fraction of sp³-hybridized carbons (Fsp3) is 0.235. The second kappa shape index (κ2) is 7.11. The molecule has 0 saturated heterocycles. The number of hydrogen-bond acceptors (Lipinski definition) is 1. The zero-order valence-electron chi connectivity index (χ0n) is 11.5. The molecular formula is C17H18ClNO. The summed E-state index contributed by atoms with van der Waals surface area (Å²) in [7, 11) is 0. The van der Waals surface area contributed by atoms with Gasteiger partial charge in [-0.15, -0.1) is 11.6 Å². The number of benzene rings is 2. The highest BCUT2D eigenvalue weighted by Crippen LogP contribution is 2.18. The Kier molecular flexibility index (Phi) is 5.19. The third-order valence-corrected chi connectivity index (χ3v) is 3.49. The normalized spacial score (nSPS) is 11.9. The highest BCUT2D eigenvalue weighted by atomic mass is 35.5. The highest BCUT2D eigenvalue weighted by Gasteiger charge is 2.14. The van der Waals surface area contributed by atoms with Gasteiger partial charge < -0.3 is 5.32 Å². The molecule has 2 nitrogen and oxygen atoms in total. The van der Waals surface area contributed by atoms with Gasteiger partial charge in [-0.05, 0) is 36.6 Å². The maximum atomic E-state index is 12.2. The van der Waals surface area contributed by atoms with Crippen molar-refractivity contribution in [3.63, 3.8) is 0 Å². The van der Waals surface area contributed by atoms with Crippen LogP contribution in [0.15, 0.2) is 54.6 Å². The smallest absolute Gasteiger partial charge is 0.231 e. The van der Waals surface area contributed by atoms with E-state index in [1.54, 1.807) is 0 Å². The van der Waals surface area contributed by atoms with Gasteiger partial charge in [-0.1, -0.05) is 42.5 Å². The molecule has 0 fully saturated rings. The van der Waals surface area contributed by atoms with E-state index < -0.39 is 0 Å². The number of carbonyl (C=O) groups excluding carboxylic acids is 1. The van der Waals surface area contributed by atoms with E-state index in [0.29, 0.717) is 5.88 Å². The number of halogens is 1. The SMILES string of the molecule is CC(C(=O)Nc1ccc(CCCl)cc1)c1ccccc1. The van der Waals surface area contributed by atoms with E-state index in [-0.39, 0.29) is 11.8 Å². The molecule has 0 aliphatic carbocycles. The van der Waals surface area contributed by atoms with Crippen molar-refractivity contribution in [3.8, 4) is 0 Å². The summed E-state index contributed by atoms with van der Waals surface area (Å²) in [6, 6.07) is 17.6. The van der Waals surface area contributed by atoms with Crippen LogP contribution in [0.2, 0.25) is 0 Å². The quantitative estimate of drug-likeness (QED) is 0.820. The van der Waals surface area contributed by atoms with E-state index in [1.165, 1.54) is 5.56 Å². The van der Waals surface area contributed by atoms with Gasteiger partial charge in [0.25, 0.3) is 0 Å². The lowest BCUT2D eigenvalue weighted by molar-refractivity contribution is -0.117. The lowest BCUT2D eigenvalue weighted by atomic mass is 10.0. The van der Waals surface area contributed by atoms with Crippen molar-refractivity contribution in [1.29, 1.82) is 0 Å². The first kappa shape index (κ1) is 14.6. The van der Waals surface area contributed by atoms with Gasteiger partial charge in [0.05, 0.1) is 5.92 Å². The Bertz CT molecular complexity index is 551. The lowest BCUT2D eigenvalue weighted by Gasteiger charge is -2.12. The number of carbonyl (C=O) groups is 1. The first-order valence-corrected chi connectivity index (χ1v) is 7.25. The van der Waals surface area contributed by atoms with E-state index in [9.17, 15) is 4.79 Å². The van der Waals surface area contributed by atoms with Gasteiger partial charge in [0, 0.05) is 11.6 Å². The first-order chi connectivity index (χ1) is 9.70. The van der Waals surface area contributed by atoms with Crippen LogP contribution in [0.25, 0.3) is 0 Å². The summed E-state index contributed by atoms with van der Waals surface area (Å²) in [6.45, 7) is 1.91. The lowest BCUT2D eigenvalue weighted by Crippen LogP contribution is -2.18. The van der Waals surface area contributed by atoms with Gasteiger partial charge in [0.1, 0.15) is 0 Å². The summed E-state index contributed by atoms with van der Waals surface area (Å²) in [4.78, 5) is 12.2. The molecule has 0 aliphatic rings. The minimum Gasteiger partial charge on any atom is -0.326 e. The Hall–Kier alpha value is -1.80. The number of alkyl halides is 1. The molecule has 2 aromatic carbocycles. The fourth-order valence-electron chi connectivity index (χ4n) is 2.01. The minimum atomic E-state index is -0.168. The molecule has 0 bridgehead atoms. The standard InChI is InChI=1S/C17H18ClNO/c1-13(15-5-3-2-4-6-15)17(20)19-16-9-7-14(8-10-16)11-12-18/h2-10,13H,11-12H2,1H3,(H,19,20). The van der Waals surface area contributed by atoms with Gasteiger partial charge >= 0.3 is 0 Å². The fourth-order valence-corrected chi connectivity index (χ4v) is 2.23. The van der Waals surface area contributed by atoms with Crippen LogP contribution in [-0.2, 0) is 11.2 Å². The third-order valence-electron chi connectivity index (χ3n) is 3.30. The molecule has 0 spiro atoms. The number of aryl methyl sites for hydroxylation is 1. The van der Waals surface area contributed by atoms with Crippen LogP contribution in [0.5, 0.6) is 0 Å². The van der Waals surface area contributed by atoms with Crippen molar-refractivity contribution in [2.24, 2.45) is 0 Å². The van der Waals surface area contributed by atoms with Crippen LogP contribution in [0.1, 0.15) is 24.0 Å². The Labute approximate surface area is 124 Å². The van der Waals surface area contributed by atoms with Crippen molar-refractivity contribution in [1.82, 2.24) is 0 Å². The molecule has 3 heteroatoms. The molecule has 2 rings (SSSR count). The van der Waals surface area contributed by atoms with Crippen molar-refractivity contribution < 1.29 is 4.79 Å². The van der Waals surface area contributed by atoms with Crippen LogP contribution in [0, 0.1) is 0 Å². The second-order valence-electron chi connectivity index (χ2n) is 4.76. The number of nitrogens with one attached hydrogen (secondary N) is 1. The second-order valence-corrected chi connectivity index (χ2v) is 5.14. The van der Waals surface area contributed by atoms with E-state index in [1.807, 2.05) is 61.5 Å². The summed E-state index contributed by atoms with van der Waals surface area (Å²) in [5.74, 6) is 0.441. The first-order valence-electron chi connectivity index (χ1n) is 6.71. The Morgan fingerprint density at radius 1 is 1.10 bits per heavy atom. The van der Waals surface area contributed by atoms with Gasteiger partial charge in [-0.2, -0.15) is 0 Å². The van der Waals surface area contributed by atoms with E-state index in [2.05, 4.69) is 5.32 Å². The molecule has 0 saturated carbocycles. The molecule has 0 radical (unpaired) electrons. The molecule has 1 atom stereocenters. The Morgan fingerprint density at radius 3 is 2.35 bits per heavy atom. The number of anilines is 1. The molecule has 104 valence electrons. The van der Waals surface area contributed by atoms with E-state index in [4.69, 9.17) is 11.6 Å². The van der Waals surface area contributed by atoms with Gasteiger partial charge in [-0.3, -0.25) is 4.79 Å². The average molecular weight is 288 g/mol. The maximum Gasteiger partial charge on any atom is 0.231 e. The summed E-state index contributed by atoms with van der Waals surface area (Å²) in [5, 5.41) is 2.94. The van der Waals surface area contributed by atoms with Crippen LogP contribution < -0.4 is 5.32 Å². The summed E-state index contributed by atoms with van der Waals surface area (Å²) >= 11 is 5.70. The molecule has 0 heterocycles. The zero-order chi connectivity index (χ0) is 14.4. The van der Waals surface area contributed by atoms with Crippen molar-refractivity contribution in [3.05, 3.63) is 65.7 Å². The molecule has 1 amide bonds. The highest BCUT2D eigenvalue weighted by molar-refractivity contribution is 6.18. The van der Waals surface area contributed by atoms with Crippen LogP contribution in [0.4, 0.5) is 5.69 Å². The van der Waals surface area contributed by atoms with Crippen molar-refractivity contribution in [2.75, 3.05) is 11.2 Å². The predicted molar refractivity (Wildman–Crippen MR) is 84.4 cm³/mol. The number of amides is 1. The van der Waals surface area contributed by atoms with Gasteiger partial charge in [0.15, 0.2) is 0 Å². The molecule has 0 aromatic heterocycles. The molecular weight excluding hydrogens is 270 g/mol. The zero-order valence-corrected chi connectivity index (χ0v) is 12.2. The number of hydrogen-bond donors (Lipinski definition) is 1. The average Bonchev–Trinajstić information content (AvgIpc) is 2.49. The molecule has 0 aliphatic heterocycles. The third kappa shape index (κ3) is 3.84. The predicted octanol–water partition coefficient (Wildman–Crippen LogP) is 4.21. The number of rotatable bonds is 5. The van der Waals surface area contributed by atoms with Gasteiger partial charge in [-0.25, -0.2) is 0 Å². The molecule has 20 heavy (non-hydrogen) atoms. The topological polar surface area (TPSA) is 29.1 Å². The molecule has 1 N–H and O–H groups in total. The van der Waals surface area contributed by atoms with Crippen molar-refractivity contribution >= 4 is 23.2 Å². The largest absolute Gasteiger partial charge is 0.326 e. The summed E-state index contributed by atoms with van der Waals surface area (Å²) < 4.78 is 0. The summed E-state index contributed by atoms with van der Waals surface area (Å²) in [5.41, 5.74) is 3.01. The summed E-state index contributed by atoms with van der Waals surface area (Å²) in [6.07, 6.45) is 0.843. The van der Waals surface area contributed by atoms with Crippen LogP contribution in [0.3, 0.4) is 0 Å².